The number of nitrogens with two attached hydrogens (primary N) is 1. The van der Waals surface area contributed by atoms with E-state index in [0.29, 0.717) is 5.96 Å². The van der Waals surface area contributed by atoms with E-state index in [9.17, 15) is 0 Å². The van der Waals surface area contributed by atoms with Crippen molar-refractivity contribution < 1.29 is 0 Å². The first-order chi connectivity index (χ1) is 13.1. The Hall–Kier alpha value is -0.930. The van der Waals surface area contributed by atoms with Crippen LogP contribution in [0.5, 0.6) is 0 Å². The van der Waals surface area contributed by atoms with Gasteiger partial charge in [0.25, 0.3) is 0 Å². The van der Waals surface area contributed by atoms with Crippen LogP contribution in [-0.2, 0) is 0 Å². The normalized spacial score (nSPS) is 20.1. The zero-order chi connectivity index (χ0) is 19.1. The molecule has 2 aliphatic heterocycles. The Balaban J connectivity index is 1.46. The first-order valence-electron chi connectivity index (χ1n) is 9.72. The van der Waals surface area contributed by atoms with E-state index >= 15 is 0 Å². The topological polar surface area (TPSA) is 56.9 Å². The Morgan fingerprint density at radius 3 is 2.48 bits per heavy atom. The van der Waals surface area contributed by atoms with Crippen molar-refractivity contribution in [3.05, 3.63) is 35.9 Å². The number of aliphatic imine (C=N–C) groups is 1. The minimum atomic E-state index is -0.684. The van der Waals surface area contributed by atoms with Gasteiger partial charge in [0.2, 0.25) is 0 Å². The summed E-state index contributed by atoms with van der Waals surface area (Å²) < 4.78 is 4.27. The molecule has 27 heavy (non-hydrogen) atoms. The van der Waals surface area contributed by atoms with Gasteiger partial charge in [-0.05, 0) is 6.54 Å². The number of hydrogen-bond acceptors (Lipinski definition) is 4. The standard InChI is InChI=1S/C20H32IN5S/c1-3-25-12-14-26(15-13-25)19-8-6-18(7-9-19)24-20(22)23-17(2)27-16-21-10-4-5-11-21/h6-9H,2-5,10-16H2,1H3,(H3,22,23,24). The van der Waals surface area contributed by atoms with Gasteiger partial charge in [-0.15, -0.1) is 0 Å². The van der Waals surface area contributed by atoms with Crippen LogP contribution in [-0.4, -0.2) is 56.2 Å². The van der Waals surface area contributed by atoms with Gasteiger partial charge in [0, 0.05) is 13.1 Å². The number of rotatable bonds is 7. The molecule has 7 heteroatoms. The molecule has 5 nitrogen and oxygen atoms in total. The van der Waals surface area contributed by atoms with Gasteiger partial charge in [0.15, 0.2) is 0 Å². The van der Waals surface area contributed by atoms with Gasteiger partial charge in [0.05, 0.1) is 0 Å². The molecular formula is C20H32IN5S. The SMILES string of the molecule is C=C(/N=C(\N)Nc1ccc(N2CCN(CC)CC2)cc1)SCI1CCCC1. The Bertz CT molecular complexity index is 634. The van der Waals surface area contributed by atoms with Crippen molar-refractivity contribution >= 4 is 48.9 Å². The summed E-state index contributed by atoms with van der Waals surface area (Å²) in [5, 5.41) is 4.02. The van der Waals surface area contributed by atoms with E-state index in [2.05, 4.69) is 57.9 Å². The third-order valence-electron chi connectivity index (χ3n) is 5.00. The zero-order valence-electron chi connectivity index (χ0n) is 16.3. The van der Waals surface area contributed by atoms with Crippen molar-refractivity contribution in [1.82, 2.24) is 4.90 Å². The van der Waals surface area contributed by atoms with Crippen LogP contribution in [0.3, 0.4) is 0 Å². The second-order valence-electron chi connectivity index (χ2n) is 6.89. The molecule has 0 unspecified atom stereocenters. The third kappa shape index (κ3) is 6.57. The fourth-order valence-corrected chi connectivity index (χ4v) is 12.0. The molecule has 0 aromatic heterocycles. The van der Waals surface area contributed by atoms with Gasteiger partial charge in [0.1, 0.15) is 0 Å². The Morgan fingerprint density at radius 2 is 1.85 bits per heavy atom. The number of piperazine rings is 1. The number of likely N-dealkylation sites (N-methyl/N-ethyl adjacent to an activating group) is 1. The molecule has 3 rings (SSSR count). The van der Waals surface area contributed by atoms with Crippen molar-refractivity contribution in [3.63, 3.8) is 0 Å². The first-order valence-corrected chi connectivity index (χ1v) is 15.3. The van der Waals surface area contributed by atoms with Crippen LogP contribution in [0.2, 0.25) is 0 Å². The van der Waals surface area contributed by atoms with Gasteiger partial charge in [-0.25, -0.2) is 0 Å². The van der Waals surface area contributed by atoms with Crippen molar-refractivity contribution in [2.24, 2.45) is 10.7 Å². The van der Waals surface area contributed by atoms with E-state index in [1.54, 1.807) is 11.8 Å². The van der Waals surface area contributed by atoms with E-state index in [4.69, 9.17) is 5.73 Å². The van der Waals surface area contributed by atoms with Crippen LogP contribution < -0.4 is 16.0 Å². The molecule has 150 valence electrons. The molecule has 2 heterocycles. The summed E-state index contributed by atoms with van der Waals surface area (Å²) in [6.07, 6.45) is 2.88. The predicted molar refractivity (Wildman–Crippen MR) is 131 cm³/mol. The zero-order valence-corrected chi connectivity index (χ0v) is 19.3. The fourth-order valence-electron chi connectivity index (χ4n) is 3.33. The molecule has 0 saturated carbocycles. The second kappa shape index (κ2) is 10.6. The van der Waals surface area contributed by atoms with Crippen molar-refractivity contribution in [2.75, 3.05) is 55.6 Å². The summed E-state index contributed by atoms with van der Waals surface area (Å²) in [5.41, 5.74) is 8.30. The molecule has 0 radical (unpaired) electrons. The van der Waals surface area contributed by atoms with Crippen LogP contribution in [0.25, 0.3) is 0 Å². The number of nitrogens with zero attached hydrogens (tertiary/aromatic N) is 3. The van der Waals surface area contributed by atoms with Crippen LogP contribution in [0.1, 0.15) is 19.8 Å². The molecule has 1 aromatic carbocycles. The summed E-state index contributed by atoms with van der Waals surface area (Å²) in [7, 11) is 0. The molecule has 0 spiro atoms. The van der Waals surface area contributed by atoms with Crippen molar-refractivity contribution in [1.29, 1.82) is 0 Å². The van der Waals surface area contributed by atoms with Gasteiger partial charge in [-0.1, -0.05) is 6.92 Å². The van der Waals surface area contributed by atoms with Gasteiger partial charge < -0.3 is 4.90 Å². The third-order valence-corrected chi connectivity index (χ3v) is 14.0. The number of nitrogens with one attached hydrogen (secondary N) is 1. The molecule has 0 aliphatic carbocycles. The van der Waals surface area contributed by atoms with E-state index in [1.807, 2.05) is 0 Å². The van der Waals surface area contributed by atoms with E-state index < -0.39 is 19.8 Å². The van der Waals surface area contributed by atoms with E-state index in [-0.39, 0.29) is 0 Å². The molecule has 0 amide bonds. The molecule has 3 N–H and O–H groups in total. The Morgan fingerprint density at radius 1 is 1.19 bits per heavy atom. The summed E-state index contributed by atoms with van der Waals surface area (Å²) >= 11 is 1.11. The van der Waals surface area contributed by atoms with Crippen LogP contribution in [0, 0.1) is 0 Å². The van der Waals surface area contributed by atoms with Gasteiger partial charge in [-0.3, -0.25) is 0 Å². The Kier molecular flexibility index (Phi) is 8.14. The van der Waals surface area contributed by atoms with Crippen molar-refractivity contribution in [2.45, 2.75) is 19.8 Å². The molecular weight excluding hydrogens is 469 g/mol. The molecule has 1 aromatic rings. The number of anilines is 2. The predicted octanol–water partition coefficient (Wildman–Crippen LogP) is 4.02. The summed E-state index contributed by atoms with van der Waals surface area (Å²) in [6, 6.07) is 8.47. The summed E-state index contributed by atoms with van der Waals surface area (Å²) in [6.45, 7) is 11.9. The van der Waals surface area contributed by atoms with Crippen LogP contribution >= 0.6 is 31.6 Å². The van der Waals surface area contributed by atoms with Gasteiger partial charge in [-0.2, -0.15) is 0 Å². The average molecular weight is 501 g/mol. The summed E-state index contributed by atoms with van der Waals surface area (Å²) in [5.74, 6) is 0.423. The average Bonchev–Trinajstić information content (AvgIpc) is 3.21. The second-order valence-corrected chi connectivity index (χ2v) is 15.1. The minimum absolute atomic E-state index is 0.423. The Labute approximate surface area is 175 Å². The van der Waals surface area contributed by atoms with Crippen LogP contribution in [0.15, 0.2) is 40.9 Å². The number of thioether (sulfide) groups is 1. The van der Waals surface area contributed by atoms with Crippen molar-refractivity contribution in [3.8, 4) is 0 Å². The molecule has 0 atom stereocenters. The molecule has 2 saturated heterocycles. The number of guanidine groups is 1. The molecule has 0 bridgehead atoms. The molecule has 2 aliphatic rings. The summed E-state index contributed by atoms with van der Waals surface area (Å²) in [4.78, 5) is 9.36. The monoisotopic (exact) mass is 501 g/mol. The maximum absolute atomic E-state index is 6.06. The maximum atomic E-state index is 6.06. The van der Waals surface area contributed by atoms with Gasteiger partial charge >= 0.3 is 144 Å². The van der Waals surface area contributed by atoms with Crippen LogP contribution in [0.4, 0.5) is 11.4 Å². The number of halogens is 1. The number of hydrogen-bond donors (Lipinski definition) is 2. The van der Waals surface area contributed by atoms with E-state index in [1.165, 1.54) is 31.1 Å². The first kappa shape index (κ1) is 20.8. The number of alkyl halides is 3. The number of benzene rings is 1. The van der Waals surface area contributed by atoms with E-state index in [0.717, 1.165) is 43.4 Å². The quantitative estimate of drug-likeness (QED) is 0.256. The fraction of sp³-hybridized carbons (Fsp3) is 0.550. The molecule has 2 fully saturated rings.